The maximum Gasteiger partial charge on any atom is 0.239 e. The third-order valence-electron chi connectivity index (χ3n) is 7.18. The maximum atomic E-state index is 12.8. The van der Waals surface area contributed by atoms with Crippen molar-refractivity contribution in [2.75, 3.05) is 77.4 Å². The summed E-state index contributed by atoms with van der Waals surface area (Å²) < 4.78 is 10.5. The Kier molecular flexibility index (Phi) is 8.34. The van der Waals surface area contributed by atoms with Crippen LogP contribution in [0.4, 0.5) is 5.82 Å². The molecule has 2 amide bonds. The van der Waals surface area contributed by atoms with Crippen molar-refractivity contribution in [2.45, 2.75) is 44.6 Å². The van der Waals surface area contributed by atoms with Gasteiger partial charge in [-0.3, -0.25) is 24.3 Å². The van der Waals surface area contributed by atoms with Crippen molar-refractivity contribution in [3.05, 3.63) is 11.8 Å². The van der Waals surface area contributed by atoms with Gasteiger partial charge in [0, 0.05) is 57.4 Å². The molecule has 1 saturated carbocycles. The SMILES string of the molecule is Cc1cc(NC(=O)CN2CCN(CC(=O)NCC3(N4CCOCC4)CCCCC3)CC2)no1. The normalized spacial score (nSPS) is 22.7. The average molecular weight is 463 g/mol. The topological polar surface area (TPSA) is 103 Å². The van der Waals surface area contributed by atoms with Gasteiger partial charge in [-0.25, -0.2) is 0 Å². The minimum absolute atomic E-state index is 0.0894. The molecule has 184 valence electrons. The first kappa shape index (κ1) is 24.1. The molecule has 2 N–H and O–H groups in total. The van der Waals surface area contributed by atoms with Gasteiger partial charge in [-0.05, 0) is 19.8 Å². The van der Waals surface area contributed by atoms with Crippen LogP contribution in [0.3, 0.4) is 0 Å². The highest BCUT2D eigenvalue weighted by Gasteiger charge is 2.38. The molecule has 3 heterocycles. The monoisotopic (exact) mass is 462 g/mol. The van der Waals surface area contributed by atoms with Crippen LogP contribution >= 0.6 is 0 Å². The molecule has 10 nitrogen and oxygen atoms in total. The van der Waals surface area contributed by atoms with Crippen molar-refractivity contribution < 1.29 is 18.8 Å². The van der Waals surface area contributed by atoms with Crippen LogP contribution in [0.1, 0.15) is 37.9 Å². The zero-order valence-electron chi connectivity index (χ0n) is 19.8. The van der Waals surface area contributed by atoms with E-state index in [0.717, 1.165) is 71.9 Å². The zero-order chi connectivity index (χ0) is 23.1. The number of nitrogens with one attached hydrogen (secondary N) is 2. The van der Waals surface area contributed by atoms with Gasteiger partial charge in [-0.15, -0.1) is 0 Å². The van der Waals surface area contributed by atoms with Crippen LogP contribution < -0.4 is 10.6 Å². The molecule has 2 saturated heterocycles. The number of morpholine rings is 1. The van der Waals surface area contributed by atoms with Crippen molar-refractivity contribution >= 4 is 17.6 Å². The number of rotatable bonds is 8. The molecule has 3 fully saturated rings. The predicted molar refractivity (Wildman–Crippen MR) is 124 cm³/mol. The van der Waals surface area contributed by atoms with Crippen LogP contribution in [-0.2, 0) is 14.3 Å². The molecule has 1 aromatic rings. The van der Waals surface area contributed by atoms with Gasteiger partial charge in [-0.1, -0.05) is 24.4 Å². The molecule has 0 unspecified atom stereocenters. The lowest BCUT2D eigenvalue weighted by atomic mass is 9.79. The number of hydrogen-bond donors (Lipinski definition) is 2. The lowest BCUT2D eigenvalue weighted by Gasteiger charge is -2.48. The summed E-state index contributed by atoms with van der Waals surface area (Å²) in [7, 11) is 0. The second-order valence-electron chi connectivity index (χ2n) is 9.58. The first-order valence-corrected chi connectivity index (χ1v) is 12.3. The molecule has 1 aliphatic carbocycles. The van der Waals surface area contributed by atoms with Crippen molar-refractivity contribution in [3.63, 3.8) is 0 Å². The maximum absolute atomic E-state index is 12.8. The third kappa shape index (κ3) is 6.75. The zero-order valence-corrected chi connectivity index (χ0v) is 19.8. The van der Waals surface area contributed by atoms with Crippen molar-refractivity contribution in [3.8, 4) is 0 Å². The molecule has 0 spiro atoms. The van der Waals surface area contributed by atoms with E-state index in [-0.39, 0.29) is 17.4 Å². The van der Waals surface area contributed by atoms with Gasteiger partial charge in [0.1, 0.15) is 5.76 Å². The number of carbonyl (C=O) groups excluding carboxylic acids is 2. The Labute approximate surface area is 195 Å². The molecular formula is C23H38N6O4. The van der Waals surface area contributed by atoms with E-state index < -0.39 is 0 Å². The number of nitrogens with zero attached hydrogens (tertiary/aromatic N) is 4. The number of hydrogen-bond acceptors (Lipinski definition) is 8. The fourth-order valence-electron chi connectivity index (χ4n) is 5.29. The van der Waals surface area contributed by atoms with Gasteiger partial charge in [-0.2, -0.15) is 0 Å². The van der Waals surface area contributed by atoms with Crippen molar-refractivity contribution in [2.24, 2.45) is 0 Å². The number of anilines is 1. The number of aryl methyl sites for hydroxylation is 1. The minimum Gasteiger partial charge on any atom is -0.379 e. The van der Waals surface area contributed by atoms with Crippen molar-refractivity contribution in [1.29, 1.82) is 0 Å². The van der Waals surface area contributed by atoms with Crippen LogP contribution in [-0.4, -0.2) is 109 Å². The summed E-state index contributed by atoms with van der Waals surface area (Å²) in [4.78, 5) is 31.8. The van der Waals surface area contributed by atoms with E-state index in [1.54, 1.807) is 13.0 Å². The van der Waals surface area contributed by atoms with Gasteiger partial charge in [0.15, 0.2) is 5.82 Å². The Morgan fingerprint density at radius 1 is 0.970 bits per heavy atom. The second-order valence-corrected chi connectivity index (χ2v) is 9.58. The predicted octanol–water partition coefficient (Wildman–Crippen LogP) is 0.690. The number of carbonyl (C=O) groups is 2. The molecule has 0 atom stereocenters. The highest BCUT2D eigenvalue weighted by molar-refractivity contribution is 5.91. The van der Waals surface area contributed by atoms with Crippen LogP contribution in [0, 0.1) is 6.92 Å². The Balaban J connectivity index is 1.17. The molecule has 2 aliphatic heterocycles. The number of piperazine rings is 1. The largest absolute Gasteiger partial charge is 0.379 e. The van der Waals surface area contributed by atoms with E-state index in [1.165, 1.54) is 19.3 Å². The third-order valence-corrected chi connectivity index (χ3v) is 7.18. The molecule has 0 aromatic carbocycles. The Morgan fingerprint density at radius 3 is 2.21 bits per heavy atom. The minimum atomic E-state index is -0.101. The number of aromatic nitrogens is 1. The molecule has 0 bridgehead atoms. The molecule has 1 aromatic heterocycles. The van der Waals surface area contributed by atoms with Crippen LogP contribution in [0.5, 0.6) is 0 Å². The summed E-state index contributed by atoms with van der Waals surface area (Å²) in [5.74, 6) is 1.10. The lowest BCUT2D eigenvalue weighted by Crippen LogP contribution is -2.60. The molecular weight excluding hydrogens is 424 g/mol. The molecule has 0 radical (unpaired) electrons. The summed E-state index contributed by atoms with van der Waals surface area (Å²) >= 11 is 0. The summed E-state index contributed by atoms with van der Waals surface area (Å²) in [5, 5.41) is 9.80. The molecule has 3 aliphatic rings. The van der Waals surface area contributed by atoms with Gasteiger partial charge in [0.25, 0.3) is 0 Å². The summed E-state index contributed by atoms with van der Waals surface area (Å²) in [6.07, 6.45) is 6.07. The highest BCUT2D eigenvalue weighted by Crippen LogP contribution is 2.33. The lowest BCUT2D eigenvalue weighted by molar-refractivity contribution is -0.124. The highest BCUT2D eigenvalue weighted by atomic mass is 16.5. The van der Waals surface area contributed by atoms with E-state index in [1.807, 2.05) is 0 Å². The average Bonchev–Trinajstić information content (AvgIpc) is 3.24. The molecule has 33 heavy (non-hydrogen) atoms. The fraction of sp³-hybridized carbons (Fsp3) is 0.783. The van der Waals surface area contributed by atoms with E-state index in [0.29, 0.717) is 24.7 Å². The first-order chi connectivity index (χ1) is 16.0. The van der Waals surface area contributed by atoms with Crippen LogP contribution in [0.15, 0.2) is 10.6 Å². The quantitative estimate of drug-likeness (QED) is 0.582. The molecule has 10 heteroatoms. The van der Waals surface area contributed by atoms with E-state index >= 15 is 0 Å². The fourth-order valence-corrected chi connectivity index (χ4v) is 5.29. The van der Waals surface area contributed by atoms with E-state index in [2.05, 4.69) is 30.5 Å². The standard InChI is InChI=1S/C23H38N6O4/c1-19-15-20(26-33-19)25-22(31)17-28-9-7-27(8-10-28)16-21(30)24-18-23(5-3-2-4-6-23)29-11-13-32-14-12-29/h15H,2-14,16-18H2,1H3,(H,24,30)(H,25,26,31). The first-order valence-electron chi connectivity index (χ1n) is 12.3. The van der Waals surface area contributed by atoms with Gasteiger partial charge >= 0.3 is 0 Å². The van der Waals surface area contributed by atoms with Gasteiger partial charge in [0.2, 0.25) is 11.8 Å². The summed E-state index contributed by atoms with van der Waals surface area (Å²) in [6, 6.07) is 1.70. The second kappa shape index (κ2) is 11.4. The van der Waals surface area contributed by atoms with E-state index in [9.17, 15) is 9.59 Å². The molecule has 4 rings (SSSR count). The van der Waals surface area contributed by atoms with Crippen molar-refractivity contribution in [1.82, 2.24) is 25.2 Å². The number of amides is 2. The van der Waals surface area contributed by atoms with E-state index in [4.69, 9.17) is 9.26 Å². The summed E-state index contributed by atoms with van der Waals surface area (Å²) in [5.41, 5.74) is 0.0894. The Hall–Kier alpha value is -2.01. The van der Waals surface area contributed by atoms with Gasteiger partial charge in [0.05, 0.1) is 26.3 Å². The number of ether oxygens (including phenoxy) is 1. The van der Waals surface area contributed by atoms with Crippen LogP contribution in [0.25, 0.3) is 0 Å². The van der Waals surface area contributed by atoms with Crippen LogP contribution in [0.2, 0.25) is 0 Å². The Morgan fingerprint density at radius 2 is 1.61 bits per heavy atom. The van der Waals surface area contributed by atoms with Gasteiger partial charge < -0.3 is 19.9 Å². The smallest absolute Gasteiger partial charge is 0.239 e. The Bertz CT molecular complexity index is 780. The summed E-state index contributed by atoms with van der Waals surface area (Å²) in [6.45, 7) is 9.81.